The van der Waals surface area contributed by atoms with Crippen molar-refractivity contribution in [2.24, 2.45) is 0 Å². The van der Waals surface area contributed by atoms with Crippen LogP contribution in [0.5, 0.6) is 0 Å². The lowest BCUT2D eigenvalue weighted by Gasteiger charge is -2.36. The largest absolute Gasteiger partial charge is 0.805 e. The highest BCUT2D eigenvalue weighted by atomic mass is 35.5. The minimum Gasteiger partial charge on any atom is -0.805 e. The molecule has 0 radical (unpaired) electrons. The third-order valence-electron chi connectivity index (χ3n) is 5.45. The maximum absolute atomic E-state index is 13.1. The van der Waals surface area contributed by atoms with Crippen LogP contribution in [0, 0.1) is 10.1 Å². The fourth-order valence-corrected chi connectivity index (χ4v) is 4.29. The molecule has 1 aliphatic heterocycles. The molecule has 0 bridgehead atoms. The molecule has 10 heteroatoms. The Labute approximate surface area is 193 Å². The van der Waals surface area contributed by atoms with E-state index in [-0.39, 0.29) is 39.0 Å². The van der Waals surface area contributed by atoms with Crippen molar-refractivity contribution < 1.29 is 9.22 Å². The van der Waals surface area contributed by atoms with Gasteiger partial charge in [0.25, 0.3) is 5.52 Å². The number of carbonyl (C=O) groups excluding carboxylic acids is 1. The molecular weight excluding hydrogens is 463 g/mol. The molecule has 0 spiro atoms. The lowest BCUT2D eigenvalue weighted by atomic mass is 10.1. The van der Waals surface area contributed by atoms with Crippen LogP contribution >= 0.6 is 34.8 Å². The second-order valence-electron chi connectivity index (χ2n) is 7.43. The first-order valence-electron chi connectivity index (χ1n) is 9.67. The second-order valence-corrected chi connectivity index (χ2v) is 8.69. The first kappa shape index (κ1) is 21.9. The summed E-state index contributed by atoms with van der Waals surface area (Å²) in [4.78, 5) is 29.5. The third kappa shape index (κ3) is 4.23. The summed E-state index contributed by atoms with van der Waals surface area (Å²) < 4.78 is 1.10. The lowest BCUT2D eigenvalue weighted by Crippen LogP contribution is -2.46. The number of hydrogen-bond donors (Lipinski definition) is 0. The second kappa shape index (κ2) is 8.67. The highest BCUT2D eigenvalue weighted by Crippen LogP contribution is 2.28. The van der Waals surface area contributed by atoms with E-state index in [0.29, 0.717) is 27.3 Å². The van der Waals surface area contributed by atoms with Crippen LogP contribution in [0.3, 0.4) is 0 Å². The smallest absolute Gasteiger partial charge is 0.326 e. The summed E-state index contributed by atoms with van der Waals surface area (Å²) in [6, 6.07) is 10.3. The van der Waals surface area contributed by atoms with Gasteiger partial charge in [0.15, 0.2) is 0 Å². The highest BCUT2D eigenvalue weighted by molar-refractivity contribution is 6.42. The topological polar surface area (TPSA) is 74.5 Å². The number of piperazine rings is 1. The summed E-state index contributed by atoms with van der Waals surface area (Å²) in [6.45, 7) is 4.25. The number of rotatable bonds is 4. The number of fused-ring (bicyclic) bond motifs is 1. The molecule has 4 rings (SSSR count). The Bertz CT molecular complexity index is 1220. The molecule has 1 aromatic heterocycles. The van der Waals surface area contributed by atoms with E-state index in [1.165, 1.54) is 19.1 Å². The van der Waals surface area contributed by atoms with Crippen LogP contribution in [0.15, 0.2) is 36.4 Å². The molecule has 0 aliphatic carbocycles. The molecule has 2 aromatic carbocycles. The van der Waals surface area contributed by atoms with Crippen LogP contribution in [0.25, 0.3) is 11.0 Å². The van der Waals surface area contributed by atoms with Gasteiger partial charge in [-0.2, -0.15) is 0 Å². The molecule has 2 heterocycles. The van der Waals surface area contributed by atoms with E-state index >= 15 is 0 Å². The fraction of sp³-hybridized carbons (Fsp3) is 0.286. The SMILES string of the molecule is CC(=O)c1c(CN2CCN(c3ccc(Cl)cc3)CC2)n([O-])c2cc(Cl)c(Cl)cc2[n+]1=O. The van der Waals surface area contributed by atoms with Gasteiger partial charge in [-0.15, -0.1) is 0 Å². The fourth-order valence-electron chi connectivity index (χ4n) is 3.84. The van der Waals surface area contributed by atoms with Crippen molar-refractivity contribution >= 4 is 57.3 Å². The Morgan fingerprint density at radius 3 is 2.26 bits per heavy atom. The predicted octanol–water partition coefficient (Wildman–Crippen LogP) is 4.39. The van der Waals surface area contributed by atoms with Crippen LogP contribution in [0.2, 0.25) is 15.1 Å². The van der Waals surface area contributed by atoms with E-state index in [0.717, 1.165) is 18.8 Å². The quantitative estimate of drug-likeness (QED) is 0.408. The molecular formula is C21H19Cl3N4O3. The molecule has 1 fully saturated rings. The number of hydrogen-bond acceptors (Lipinski definition) is 5. The monoisotopic (exact) mass is 480 g/mol. The van der Waals surface area contributed by atoms with Crippen LogP contribution < -0.4 is 9.33 Å². The molecule has 3 aromatic rings. The maximum atomic E-state index is 13.1. The molecule has 0 N–H and O–H groups in total. The predicted molar refractivity (Wildman–Crippen MR) is 123 cm³/mol. The van der Waals surface area contributed by atoms with Crippen molar-refractivity contribution in [3.8, 4) is 0 Å². The normalized spacial score (nSPS) is 14.9. The van der Waals surface area contributed by atoms with Crippen LogP contribution in [0.4, 0.5) is 5.69 Å². The van der Waals surface area contributed by atoms with Crippen molar-refractivity contribution in [3.63, 3.8) is 0 Å². The van der Waals surface area contributed by atoms with Gasteiger partial charge in [0, 0.05) is 61.3 Å². The number of halogens is 3. The number of anilines is 1. The van der Waals surface area contributed by atoms with Gasteiger partial charge in [-0.1, -0.05) is 34.8 Å². The van der Waals surface area contributed by atoms with Gasteiger partial charge < -0.3 is 14.8 Å². The van der Waals surface area contributed by atoms with Gasteiger partial charge >= 0.3 is 5.69 Å². The summed E-state index contributed by atoms with van der Waals surface area (Å²) in [5.41, 5.74) is 1.08. The van der Waals surface area contributed by atoms with Crippen molar-refractivity contribution in [2.45, 2.75) is 13.5 Å². The van der Waals surface area contributed by atoms with Crippen molar-refractivity contribution in [1.82, 2.24) is 9.63 Å². The van der Waals surface area contributed by atoms with E-state index < -0.39 is 5.78 Å². The van der Waals surface area contributed by atoms with Gasteiger partial charge in [0.1, 0.15) is 11.2 Å². The molecule has 162 valence electrons. The molecule has 7 nitrogen and oxygen atoms in total. The first-order valence-corrected chi connectivity index (χ1v) is 10.8. The third-order valence-corrected chi connectivity index (χ3v) is 6.42. The van der Waals surface area contributed by atoms with Gasteiger partial charge in [-0.05, 0) is 30.3 Å². The van der Waals surface area contributed by atoms with E-state index in [2.05, 4.69) is 4.90 Å². The molecule has 1 saturated heterocycles. The summed E-state index contributed by atoms with van der Waals surface area (Å²) in [5.74, 6) is -0.484. The average molecular weight is 482 g/mol. The zero-order chi connectivity index (χ0) is 22.3. The van der Waals surface area contributed by atoms with E-state index in [9.17, 15) is 14.9 Å². The average Bonchev–Trinajstić information content (AvgIpc) is 2.74. The Balaban J connectivity index is 1.64. The van der Waals surface area contributed by atoms with Gasteiger partial charge in [-0.3, -0.25) is 9.69 Å². The maximum Gasteiger partial charge on any atom is 0.326 e. The number of ketones is 1. The highest BCUT2D eigenvalue weighted by Gasteiger charge is 2.29. The summed E-state index contributed by atoms with van der Waals surface area (Å²) >= 11 is 18.0. The van der Waals surface area contributed by atoms with E-state index in [4.69, 9.17) is 34.8 Å². The van der Waals surface area contributed by atoms with E-state index in [1.54, 1.807) is 0 Å². The van der Waals surface area contributed by atoms with Gasteiger partial charge in [0.2, 0.25) is 5.78 Å². The minimum absolute atomic E-state index is 0.00547. The zero-order valence-electron chi connectivity index (χ0n) is 16.6. The van der Waals surface area contributed by atoms with Gasteiger partial charge in [-0.25, -0.2) is 0 Å². The molecule has 0 atom stereocenters. The molecule has 0 saturated carbocycles. The number of carbonyl (C=O) groups is 1. The molecule has 31 heavy (non-hydrogen) atoms. The molecule has 0 unspecified atom stereocenters. The Hall–Kier alpha value is -2.32. The van der Waals surface area contributed by atoms with Crippen LogP contribution in [-0.2, 0) is 6.54 Å². The Kier molecular flexibility index (Phi) is 6.12. The van der Waals surface area contributed by atoms with Crippen molar-refractivity contribution in [1.29, 1.82) is 0 Å². The lowest BCUT2D eigenvalue weighted by molar-refractivity contribution is -0.468. The van der Waals surface area contributed by atoms with Crippen LogP contribution in [0.1, 0.15) is 23.1 Å². The molecule has 0 amide bonds. The number of nitrogens with zero attached hydrogens (tertiary/aromatic N) is 4. The summed E-state index contributed by atoms with van der Waals surface area (Å²) in [6.07, 6.45) is 0. The summed E-state index contributed by atoms with van der Waals surface area (Å²) in [5, 5.41) is 14.1. The minimum atomic E-state index is -0.484. The Morgan fingerprint density at radius 1 is 1.03 bits per heavy atom. The first-order chi connectivity index (χ1) is 14.8. The van der Waals surface area contributed by atoms with Gasteiger partial charge in [0.05, 0.1) is 14.5 Å². The number of benzene rings is 2. The number of Topliss-reactive ketones (excluding diaryl/α,β-unsaturated/α-hetero) is 1. The van der Waals surface area contributed by atoms with E-state index in [1.807, 2.05) is 29.2 Å². The molecule has 1 aliphatic rings. The standard InChI is InChI=1S/C21H19Cl3N4O3/c1-13(29)21-20(27(30)18-10-16(23)17(24)11-19(18)28(21)31)12-25-6-8-26(9-7-25)15-4-2-14(22)3-5-15/h2-5,10-11H,6-9,12H2,1H3. The number of aromatic nitrogens is 2. The van der Waals surface area contributed by atoms with Crippen molar-refractivity contribution in [3.05, 3.63) is 73.0 Å². The van der Waals surface area contributed by atoms with Crippen LogP contribution in [-0.4, -0.2) is 41.6 Å². The van der Waals surface area contributed by atoms with Crippen molar-refractivity contribution in [2.75, 3.05) is 31.1 Å². The Morgan fingerprint density at radius 2 is 1.65 bits per heavy atom. The summed E-state index contributed by atoms with van der Waals surface area (Å²) in [7, 11) is 0. The zero-order valence-corrected chi connectivity index (χ0v) is 18.9.